The van der Waals surface area contributed by atoms with Gasteiger partial charge >= 0.3 is 6.61 Å². The highest BCUT2D eigenvalue weighted by Gasteiger charge is 2.11. The first-order chi connectivity index (χ1) is 9.58. The molecular formula is C12H13ClF2N4O. The van der Waals surface area contributed by atoms with E-state index in [2.05, 4.69) is 20.4 Å². The van der Waals surface area contributed by atoms with Crippen molar-refractivity contribution in [2.75, 3.05) is 7.05 Å². The molecule has 0 aliphatic heterocycles. The molecule has 0 radical (unpaired) electrons. The van der Waals surface area contributed by atoms with E-state index in [1.165, 1.54) is 16.8 Å². The molecule has 0 atom stereocenters. The highest BCUT2D eigenvalue weighted by atomic mass is 35.5. The maximum absolute atomic E-state index is 12.3. The van der Waals surface area contributed by atoms with Crippen molar-refractivity contribution in [1.82, 2.24) is 20.3 Å². The predicted octanol–water partition coefficient (Wildman–Crippen LogP) is 2.30. The first-order valence-electron chi connectivity index (χ1n) is 5.85. The monoisotopic (exact) mass is 302 g/mol. The van der Waals surface area contributed by atoms with E-state index in [-0.39, 0.29) is 12.3 Å². The smallest absolute Gasteiger partial charge is 0.387 e. The summed E-state index contributed by atoms with van der Waals surface area (Å²) in [5.41, 5.74) is 1.27. The number of benzene rings is 1. The van der Waals surface area contributed by atoms with Crippen molar-refractivity contribution < 1.29 is 13.5 Å². The Kier molecular flexibility index (Phi) is 4.86. The Hall–Kier alpha value is -1.73. The van der Waals surface area contributed by atoms with Gasteiger partial charge < -0.3 is 10.1 Å². The molecular weight excluding hydrogens is 290 g/mol. The lowest BCUT2D eigenvalue weighted by Crippen LogP contribution is -2.08. The van der Waals surface area contributed by atoms with Crippen LogP contribution >= 0.6 is 11.6 Å². The van der Waals surface area contributed by atoms with Gasteiger partial charge in [-0.05, 0) is 25.2 Å². The zero-order valence-electron chi connectivity index (χ0n) is 10.7. The van der Waals surface area contributed by atoms with Gasteiger partial charge in [0, 0.05) is 17.1 Å². The zero-order chi connectivity index (χ0) is 14.5. The maximum Gasteiger partial charge on any atom is 0.387 e. The van der Waals surface area contributed by atoms with Crippen molar-refractivity contribution in [3.63, 3.8) is 0 Å². The molecule has 108 valence electrons. The number of rotatable bonds is 6. The first-order valence-corrected chi connectivity index (χ1v) is 6.23. The summed E-state index contributed by atoms with van der Waals surface area (Å²) >= 11 is 5.88. The van der Waals surface area contributed by atoms with Crippen LogP contribution in [0.2, 0.25) is 5.02 Å². The van der Waals surface area contributed by atoms with E-state index in [4.69, 9.17) is 11.6 Å². The molecule has 5 nitrogen and oxygen atoms in total. The van der Waals surface area contributed by atoms with Crippen molar-refractivity contribution >= 4 is 11.6 Å². The second-order valence-electron chi connectivity index (χ2n) is 4.07. The van der Waals surface area contributed by atoms with E-state index in [9.17, 15) is 8.78 Å². The third-order valence-corrected chi connectivity index (χ3v) is 2.75. The lowest BCUT2D eigenvalue weighted by molar-refractivity contribution is -0.0505. The van der Waals surface area contributed by atoms with Crippen LogP contribution in [-0.4, -0.2) is 28.7 Å². The van der Waals surface area contributed by atoms with Crippen molar-refractivity contribution in [2.45, 2.75) is 19.7 Å². The minimum absolute atomic E-state index is 0.0788. The molecule has 0 amide bonds. The molecule has 0 unspecified atom stereocenters. The van der Waals surface area contributed by atoms with Gasteiger partial charge in [-0.3, -0.25) is 0 Å². The van der Waals surface area contributed by atoms with Crippen molar-refractivity contribution in [2.24, 2.45) is 0 Å². The molecule has 1 aromatic heterocycles. The van der Waals surface area contributed by atoms with Crippen LogP contribution in [0.25, 0.3) is 0 Å². The molecule has 1 N–H and O–H groups in total. The highest BCUT2D eigenvalue weighted by Crippen LogP contribution is 2.25. The maximum atomic E-state index is 12.3. The van der Waals surface area contributed by atoms with Crippen LogP contribution in [0.3, 0.4) is 0 Å². The largest absolute Gasteiger partial charge is 0.434 e. The van der Waals surface area contributed by atoms with E-state index in [1.54, 1.807) is 19.3 Å². The molecule has 0 aliphatic carbocycles. The molecule has 0 fully saturated rings. The van der Waals surface area contributed by atoms with Crippen molar-refractivity contribution in [3.8, 4) is 5.75 Å². The average molecular weight is 303 g/mol. The van der Waals surface area contributed by atoms with Crippen molar-refractivity contribution in [3.05, 3.63) is 40.7 Å². The lowest BCUT2D eigenvalue weighted by Gasteiger charge is -2.10. The molecule has 2 rings (SSSR count). The van der Waals surface area contributed by atoms with Crippen molar-refractivity contribution in [1.29, 1.82) is 0 Å². The van der Waals surface area contributed by atoms with Crippen LogP contribution in [0.1, 0.15) is 11.3 Å². The standard InChI is InChI=1S/C12H13ClF2N4O/c1-16-5-10-7-19(18-17-10)6-8-4-9(13)2-3-11(8)20-12(14)15/h2-4,7,12,16H,5-6H2,1H3. The fourth-order valence-electron chi connectivity index (χ4n) is 1.73. The molecule has 0 bridgehead atoms. The Morgan fingerprint density at radius 1 is 1.45 bits per heavy atom. The normalized spacial score (nSPS) is 11.1. The third kappa shape index (κ3) is 3.88. The molecule has 0 aliphatic rings. The topological polar surface area (TPSA) is 52.0 Å². The van der Waals surface area contributed by atoms with Gasteiger partial charge in [0.25, 0.3) is 0 Å². The molecule has 1 aromatic carbocycles. The number of hydrogen-bond acceptors (Lipinski definition) is 4. The Balaban J connectivity index is 2.19. The molecule has 0 saturated carbocycles. The summed E-state index contributed by atoms with van der Waals surface area (Å²) < 4.78 is 30.7. The molecule has 20 heavy (non-hydrogen) atoms. The summed E-state index contributed by atoms with van der Waals surface area (Å²) in [4.78, 5) is 0. The van der Waals surface area contributed by atoms with Crippen LogP contribution in [0, 0.1) is 0 Å². The minimum atomic E-state index is -2.88. The second kappa shape index (κ2) is 6.62. The van der Waals surface area contributed by atoms with Crippen LogP contribution < -0.4 is 10.1 Å². The summed E-state index contributed by atoms with van der Waals surface area (Å²) in [6, 6.07) is 4.48. The molecule has 8 heteroatoms. The van der Waals surface area contributed by atoms with Gasteiger partial charge in [-0.1, -0.05) is 16.8 Å². The number of ether oxygens (including phenoxy) is 1. The molecule has 1 heterocycles. The van der Waals surface area contributed by atoms with Gasteiger partial charge in [0.1, 0.15) is 5.75 Å². The predicted molar refractivity (Wildman–Crippen MR) is 70.0 cm³/mol. The molecule has 0 saturated heterocycles. The number of aromatic nitrogens is 3. The Morgan fingerprint density at radius 2 is 2.25 bits per heavy atom. The van der Waals surface area contributed by atoms with Gasteiger partial charge in [0.2, 0.25) is 0 Å². The summed E-state index contributed by atoms with van der Waals surface area (Å²) in [5, 5.41) is 11.3. The van der Waals surface area contributed by atoms with Gasteiger partial charge in [-0.2, -0.15) is 8.78 Å². The highest BCUT2D eigenvalue weighted by molar-refractivity contribution is 6.30. The number of nitrogens with one attached hydrogen (secondary N) is 1. The van der Waals surface area contributed by atoms with Gasteiger partial charge in [-0.25, -0.2) is 4.68 Å². The van der Waals surface area contributed by atoms with Crippen LogP contribution in [0.15, 0.2) is 24.4 Å². The Bertz CT molecular complexity index is 576. The average Bonchev–Trinajstić information content (AvgIpc) is 2.80. The number of nitrogens with zero attached hydrogens (tertiary/aromatic N) is 3. The quantitative estimate of drug-likeness (QED) is 0.889. The first kappa shape index (κ1) is 14.7. The Labute approximate surface area is 119 Å². The Morgan fingerprint density at radius 3 is 2.95 bits per heavy atom. The van der Waals surface area contributed by atoms with Crippen LogP contribution in [0.5, 0.6) is 5.75 Å². The number of hydrogen-bond donors (Lipinski definition) is 1. The fraction of sp³-hybridized carbons (Fsp3) is 0.333. The van der Waals surface area contributed by atoms with Crippen LogP contribution in [-0.2, 0) is 13.1 Å². The summed E-state index contributed by atoms with van der Waals surface area (Å²) in [5.74, 6) is 0.0788. The summed E-state index contributed by atoms with van der Waals surface area (Å²) in [7, 11) is 1.80. The second-order valence-corrected chi connectivity index (χ2v) is 4.50. The zero-order valence-corrected chi connectivity index (χ0v) is 11.4. The van der Waals surface area contributed by atoms with Gasteiger partial charge in [0.15, 0.2) is 0 Å². The summed E-state index contributed by atoms with van der Waals surface area (Å²) in [6.07, 6.45) is 1.73. The van der Waals surface area contributed by atoms with E-state index in [1.807, 2.05) is 0 Å². The van der Waals surface area contributed by atoms with Gasteiger partial charge in [0.05, 0.1) is 18.4 Å². The SMILES string of the molecule is CNCc1cn(Cc2cc(Cl)ccc2OC(F)F)nn1. The fourth-order valence-corrected chi connectivity index (χ4v) is 1.93. The number of alkyl halides is 2. The number of halogens is 3. The van der Waals surface area contributed by atoms with Gasteiger partial charge in [-0.15, -0.1) is 5.10 Å². The third-order valence-electron chi connectivity index (χ3n) is 2.51. The van der Waals surface area contributed by atoms with E-state index >= 15 is 0 Å². The minimum Gasteiger partial charge on any atom is -0.434 e. The molecule has 2 aromatic rings. The van der Waals surface area contributed by atoms with Crippen LogP contribution in [0.4, 0.5) is 8.78 Å². The van der Waals surface area contributed by atoms with E-state index < -0.39 is 6.61 Å². The lowest BCUT2D eigenvalue weighted by atomic mass is 10.2. The van der Waals surface area contributed by atoms with E-state index in [0.717, 1.165) is 5.69 Å². The van der Waals surface area contributed by atoms with E-state index in [0.29, 0.717) is 17.1 Å². The summed E-state index contributed by atoms with van der Waals surface area (Å²) in [6.45, 7) is -2.06. The molecule has 0 spiro atoms.